The minimum absolute atomic E-state index is 0.0598. The van der Waals surface area contributed by atoms with Crippen LogP contribution in [0.15, 0.2) is 52.0 Å². The van der Waals surface area contributed by atoms with E-state index in [-0.39, 0.29) is 23.5 Å². The van der Waals surface area contributed by atoms with Crippen molar-refractivity contribution < 1.29 is 14.2 Å². The first kappa shape index (κ1) is 20.5. The number of benzene rings is 2. The minimum Gasteiger partial charge on any atom is -0.360 e. The fourth-order valence-corrected chi connectivity index (χ4v) is 4.39. The maximum absolute atomic E-state index is 13.1. The SMILES string of the molecule is C#CCn1c(=NC(=O)c2c(-c3ccccc3Cl)noc2C)sc2cc([N+](=O)[O-])ccc21. The number of carbonyl (C=O) groups is 1. The molecule has 0 unspecified atom stereocenters. The molecule has 0 saturated heterocycles. The zero-order valence-electron chi connectivity index (χ0n) is 16.0. The molecule has 0 fully saturated rings. The van der Waals surface area contributed by atoms with E-state index in [1.54, 1.807) is 41.8 Å². The summed E-state index contributed by atoms with van der Waals surface area (Å²) in [5, 5.41) is 15.5. The van der Waals surface area contributed by atoms with E-state index < -0.39 is 10.8 Å². The highest BCUT2D eigenvalue weighted by Gasteiger charge is 2.23. The number of aryl methyl sites for hydroxylation is 1. The molecule has 0 aliphatic carbocycles. The Morgan fingerprint density at radius 1 is 1.39 bits per heavy atom. The molecule has 0 N–H and O–H groups in total. The Kier molecular flexibility index (Phi) is 5.42. The molecule has 0 radical (unpaired) electrons. The van der Waals surface area contributed by atoms with Crippen LogP contribution in [-0.2, 0) is 6.54 Å². The third-order valence-electron chi connectivity index (χ3n) is 4.53. The number of nitro benzene ring substituents is 1. The van der Waals surface area contributed by atoms with Crippen molar-refractivity contribution in [1.82, 2.24) is 9.72 Å². The van der Waals surface area contributed by atoms with Gasteiger partial charge in [-0.3, -0.25) is 14.9 Å². The molecule has 2 heterocycles. The number of non-ortho nitro benzene ring substituents is 1. The molecule has 8 nitrogen and oxygen atoms in total. The smallest absolute Gasteiger partial charge is 0.285 e. The van der Waals surface area contributed by atoms with Crippen molar-refractivity contribution in [3.8, 4) is 23.6 Å². The van der Waals surface area contributed by atoms with Crippen molar-refractivity contribution in [1.29, 1.82) is 0 Å². The second kappa shape index (κ2) is 8.18. The van der Waals surface area contributed by atoms with Crippen LogP contribution in [0.3, 0.4) is 0 Å². The van der Waals surface area contributed by atoms with Crippen molar-refractivity contribution in [2.75, 3.05) is 0 Å². The summed E-state index contributed by atoms with van der Waals surface area (Å²) in [6, 6.07) is 11.4. The molecule has 0 spiro atoms. The standard InChI is InChI=1S/C21H13ClN4O4S/c1-3-10-25-16-9-8-13(26(28)29)11-17(16)31-21(25)23-20(27)18-12(2)30-24-19(18)14-6-4-5-7-15(14)22/h1,4-9,11H,10H2,2H3. The Labute approximate surface area is 184 Å². The van der Waals surface area contributed by atoms with Crippen LogP contribution in [0.5, 0.6) is 0 Å². The van der Waals surface area contributed by atoms with E-state index in [4.69, 9.17) is 22.5 Å². The van der Waals surface area contributed by atoms with Gasteiger partial charge in [-0.25, -0.2) is 0 Å². The topological polar surface area (TPSA) is 104 Å². The first-order valence-electron chi connectivity index (χ1n) is 8.92. The van der Waals surface area contributed by atoms with Gasteiger partial charge in [0, 0.05) is 17.7 Å². The number of fused-ring (bicyclic) bond motifs is 1. The van der Waals surface area contributed by atoms with Gasteiger partial charge in [0.2, 0.25) is 0 Å². The summed E-state index contributed by atoms with van der Waals surface area (Å²) in [4.78, 5) is 28.3. The highest BCUT2D eigenvalue weighted by molar-refractivity contribution is 7.16. The summed E-state index contributed by atoms with van der Waals surface area (Å²) >= 11 is 7.39. The second-order valence-electron chi connectivity index (χ2n) is 6.44. The van der Waals surface area contributed by atoms with Crippen LogP contribution in [0.1, 0.15) is 16.1 Å². The summed E-state index contributed by atoms with van der Waals surface area (Å²) in [5.74, 6) is 2.23. The van der Waals surface area contributed by atoms with Crippen molar-refractivity contribution in [3.05, 3.63) is 73.7 Å². The number of carbonyl (C=O) groups excluding carboxylic acids is 1. The van der Waals surface area contributed by atoms with Crippen LogP contribution in [0.4, 0.5) is 5.69 Å². The fourth-order valence-electron chi connectivity index (χ4n) is 3.11. The number of hydrogen-bond donors (Lipinski definition) is 0. The van der Waals surface area contributed by atoms with Gasteiger partial charge in [0.25, 0.3) is 11.6 Å². The molecule has 31 heavy (non-hydrogen) atoms. The Balaban J connectivity index is 1.88. The number of thiazole rings is 1. The zero-order valence-corrected chi connectivity index (χ0v) is 17.6. The largest absolute Gasteiger partial charge is 0.360 e. The maximum Gasteiger partial charge on any atom is 0.285 e. The van der Waals surface area contributed by atoms with E-state index in [2.05, 4.69) is 16.1 Å². The average molecular weight is 453 g/mol. The third-order valence-corrected chi connectivity index (χ3v) is 5.90. The Bertz CT molecular complexity index is 1460. The van der Waals surface area contributed by atoms with Gasteiger partial charge < -0.3 is 9.09 Å². The quantitative estimate of drug-likeness (QED) is 0.255. The molecule has 0 aliphatic heterocycles. The van der Waals surface area contributed by atoms with Crippen molar-refractivity contribution >= 4 is 44.7 Å². The number of nitrogens with zero attached hydrogens (tertiary/aromatic N) is 4. The predicted octanol–water partition coefficient (Wildman–Crippen LogP) is 4.60. The number of amides is 1. The molecule has 0 bridgehead atoms. The van der Waals surface area contributed by atoms with Crippen LogP contribution in [-0.4, -0.2) is 20.6 Å². The Morgan fingerprint density at radius 2 is 2.16 bits per heavy atom. The van der Waals surface area contributed by atoms with E-state index in [1.807, 2.05) is 0 Å². The van der Waals surface area contributed by atoms with Gasteiger partial charge in [-0.05, 0) is 19.1 Å². The lowest BCUT2D eigenvalue weighted by molar-refractivity contribution is -0.384. The molecule has 4 aromatic rings. The van der Waals surface area contributed by atoms with Gasteiger partial charge in [0.15, 0.2) is 4.80 Å². The van der Waals surface area contributed by atoms with Gasteiger partial charge in [-0.2, -0.15) is 4.99 Å². The van der Waals surface area contributed by atoms with E-state index >= 15 is 0 Å². The number of rotatable bonds is 4. The molecular weight excluding hydrogens is 440 g/mol. The van der Waals surface area contributed by atoms with Gasteiger partial charge in [-0.1, -0.05) is 52.2 Å². The first-order chi connectivity index (χ1) is 14.9. The number of halogens is 1. The Hall–Kier alpha value is -3.74. The molecular formula is C21H13ClN4O4S. The zero-order chi connectivity index (χ0) is 22.1. The number of terminal acetylenes is 1. The van der Waals surface area contributed by atoms with Crippen LogP contribution in [0.2, 0.25) is 5.02 Å². The molecule has 1 amide bonds. The van der Waals surface area contributed by atoms with Gasteiger partial charge >= 0.3 is 0 Å². The summed E-state index contributed by atoms with van der Waals surface area (Å²) in [6.07, 6.45) is 5.48. The summed E-state index contributed by atoms with van der Waals surface area (Å²) in [7, 11) is 0. The van der Waals surface area contributed by atoms with Crippen molar-refractivity contribution in [2.45, 2.75) is 13.5 Å². The van der Waals surface area contributed by atoms with Crippen molar-refractivity contribution in [2.24, 2.45) is 4.99 Å². The molecule has 0 aliphatic rings. The normalized spacial score (nSPS) is 11.6. The van der Waals surface area contributed by atoms with Gasteiger partial charge in [-0.15, -0.1) is 6.42 Å². The Morgan fingerprint density at radius 3 is 2.87 bits per heavy atom. The molecule has 0 atom stereocenters. The molecule has 2 aromatic heterocycles. The highest BCUT2D eigenvalue weighted by atomic mass is 35.5. The van der Waals surface area contributed by atoms with Crippen molar-refractivity contribution in [3.63, 3.8) is 0 Å². The summed E-state index contributed by atoms with van der Waals surface area (Å²) in [5.41, 5.74) is 1.60. The second-order valence-corrected chi connectivity index (χ2v) is 7.86. The number of nitro groups is 1. The predicted molar refractivity (Wildman–Crippen MR) is 117 cm³/mol. The summed E-state index contributed by atoms with van der Waals surface area (Å²) < 4.78 is 7.48. The molecule has 154 valence electrons. The minimum atomic E-state index is -0.583. The number of aromatic nitrogens is 2. The van der Waals surface area contributed by atoms with Crippen LogP contribution < -0.4 is 4.80 Å². The number of hydrogen-bond acceptors (Lipinski definition) is 6. The van der Waals surface area contributed by atoms with E-state index in [0.29, 0.717) is 31.4 Å². The lowest BCUT2D eigenvalue weighted by atomic mass is 10.1. The van der Waals surface area contributed by atoms with Crippen LogP contribution in [0, 0.1) is 29.4 Å². The van der Waals surface area contributed by atoms with Crippen LogP contribution >= 0.6 is 22.9 Å². The fraction of sp³-hybridized carbons (Fsp3) is 0.0952. The first-order valence-corrected chi connectivity index (χ1v) is 10.1. The lowest BCUT2D eigenvalue weighted by Crippen LogP contribution is -2.16. The van der Waals surface area contributed by atoms with Crippen LogP contribution in [0.25, 0.3) is 21.5 Å². The molecule has 0 saturated carbocycles. The maximum atomic E-state index is 13.1. The monoisotopic (exact) mass is 452 g/mol. The van der Waals surface area contributed by atoms with Gasteiger partial charge in [0.05, 0.1) is 26.7 Å². The van der Waals surface area contributed by atoms with E-state index in [0.717, 1.165) is 11.3 Å². The van der Waals surface area contributed by atoms with E-state index in [9.17, 15) is 14.9 Å². The molecule has 2 aromatic carbocycles. The summed E-state index contributed by atoms with van der Waals surface area (Å²) in [6.45, 7) is 1.75. The third kappa shape index (κ3) is 3.74. The van der Waals surface area contributed by atoms with Gasteiger partial charge in [0.1, 0.15) is 17.0 Å². The molecule has 4 rings (SSSR count). The highest BCUT2D eigenvalue weighted by Crippen LogP contribution is 2.31. The average Bonchev–Trinajstić information content (AvgIpc) is 3.28. The van der Waals surface area contributed by atoms with E-state index in [1.165, 1.54) is 12.1 Å². The lowest BCUT2D eigenvalue weighted by Gasteiger charge is -2.02. The molecule has 10 heteroatoms.